The minimum Gasteiger partial charge on any atom is -0.368 e. The van der Waals surface area contributed by atoms with Crippen LogP contribution in [0, 0.1) is 5.82 Å². The van der Waals surface area contributed by atoms with Crippen LogP contribution in [0.25, 0.3) is 0 Å². The molecule has 1 fully saturated rings. The van der Waals surface area contributed by atoms with Crippen LogP contribution in [-0.4, -0.2) is 29.2 Å². The molecule has 1 aliphatic carbocycles. The van der Waals surface area contributed by atoms with Gasteiger partial charge in [0.25, 0.3) is 0 Å². The number of nitrogens with zero attached hydrogens (tertiary/aromatic N) is 3. The van der Waals surface area contributed by atoms with Crippen molar-refractivity contribution in [2.45, 2.75) is 31.4 Å². The second kappa shape index (κ2) is 5.44. The van der Waals surface area contributed by atoms with E-state index in [9.17, 15) is 8.78 Å². The molecule has 0 saturated carbocycles. The number of anilines is 2. The number of hydrogen-bond acceptors (Lipinski definition) is 4. The van der Waals surface area contributed by atoms with Crippen molar-refractivity contribution in [2.24, 2.45) is 0 Å². The Morgan fingerprint density at radius 1 is 1.13 bits per heavy atom. The molecule has 1 saturated heterocycles. The van der Waals surface area contributed by atoms with Crippen molar-refractivity contribution in [1.82, 2.24) is 9.97 Å². The summed E-state index contributed by atoms with van der Waals surface area (Å²) in [5.74, 6) is 0.848. The molecule has 2 aliphatic rings. The Balaban J connectivity index is 1.78. The maximum Gasteiger partial charge on any atom is 0.222 e. The number of aromatic nitrogens is 2. The molecule has 6 heteroatoms. The third kappa shape index (κ3) is 2.52. The first-order valence-corrected chi connectivity index (χ1v) is 7.92. The zero-order valence-corrected chi connectivity index (χ0v) is 12.7. The number of rotatable bonds is 2. The highest BCUT2D eigenvalue weighted by Gasteiger charge is 2.34. The molecule has 0 bridgehead atoms. The Morgan fingerprint density at radius 2 is 1.91 bits per heavy atom. The highest BCUT2D eigenvalue weighted by Crippen LogP contribution is 2.43. The van der Waals surface area contributed by atoms with E-state index in [2.05, 4.69) is 9.97 Å². The number of aryl methyl sites for hydroxylation is 1. The maximum atomic E-state index is 13.6. The molecule has 2 heterocycles. The van der Waals surface area contributed by atoms with Crippen LogP contribution in [0.2, 0.25) is 0 Å². The molecule has 0 radical (unpaired) electrons. The van der Waals surface area contributed by atoms with Gasteiger partial charge in [0.05, 0.1) is 12.2 Å². The molecule has 1 aliphatic heterocycles. The van der Waals surface area contributed by atoms with Crippen molar-refractivity contribution < 1.29 is 8.78 Å². The van der Waals surface area contributed by atoms with Crippen molar-refractivity contribution in [2.75, 3.05) is 23.7 Å². The normalized spacial score (nSPS) is 23.3. The van der Waals surface area contributed by atoms with E-state index in [4.69, 9.17) is 5.73 Å². The highest BCUT2D eigenvalue weighted by atomic mass is 19.1. The molecule has 1 aromatic carbocycles. The number of nitrogen functional groups attached to an aromatic ring is 1. The second-order valence-electron chi connectivity index (χ2n) is 6.24. The maximum absolute atomic E-state index is 13.6. The molecule has 23 heavy (non-hydrogen) atoms. The Morgan fingerprint density at radius 3 is 2.61 bits per heavy atom. The fourth-order valence-corrected chi connectivity index (χ4v) is 3.67. The third-order valence-corrected chi connectivity index (χ3v) is 4.74. The minimum atomic E-state index is -0.826. The van der Waals surface area contributed by atoms with Crippen molar-refractivity contribution in [3.63, 3.8) is 0 Å². The molecule has 0 spiro atoms. The topological polar surface area (TPSA) is 55.0 Å². The number of nitrogens with two attached hydrogens (primary N) is 1. The van der Waals surface area contributed by atoms with Crippen LogP contribution in [0.1, 0.15) is 35.6 Å². The summed E-state index contributed by atoms with van der Waals surface area (Å²) < 4.78 is 26.8. The summed E-state index contributed by atoms with van der Waals surface area (Å²) >= 11 is 0. The zero-order valence-electron chi connectivity index (χ0n) is 12.7. The number of alkyl halides is 1. The van der Waals surface area contributed by atoms with E-state index in [0.717, 1.165) is 35.5 Å². The largest absolute Gasteiger partial charge is 0.368 e. The van der Waals surface area contributed by atoms with E-state index in [1.54, 1.807) is 12.1 Å². The van der Waals surface area contributed by atoms with Crippen LogP contribution in [0.5, 0.6) is 0 Å². The van der Waals surface area contributed by atoms with Gasteiger partial charge in [-0.2, -0.15) is 4.98 Å². The Bertz CT molecular complexity index is 732. The Kier molecular flexibility index (Phi) is 3.39. The van der Waals surface area contributed by atoms with E-state index in [0.29, 0.717) is 19.5 Å². The SMILES string of the molecule is Nc1nc2c(c(N3CC[C@H](F)C3)n1)C(c1ccc(F)cc1)CC2. The van der Waals surface area contributed by atoms with Crippen LogP contribution in [0.4, 0.5) is 20.5 Å². The standard InChI is InChI=1S/C17H18F2N4/c18-11-3-1-10(2-4-11)13-5-6-14-15(13)16(22-17(20)21-14)23-8-7-12(19)9-23/h1-4,12-13H,5-9H2,(H2,20,21,22)/t12-,13?/m0/s1. The van der Waals surface area contributed by atoms with Gasteiger partial charge in [-0.05, 0) is 37.0 Å². The lowest BCUT2D eigenvalue weighted by Gasteiger charge is -2.23. The van der Waals surface area contributed by atoms with Gasteiger partial charge >= 0.3 is 0 Å². The average molecular weight is 316 g/mol. The van der Waals surface area contributed by atoms with E-state index in [1.165, 1.54) is 12.1 Å². The Hall–Kier alpha value is -2.24. The van der Waals surface area contributed by atoms with Gasteiger partial charge in [-0.25, -0.2) is 13.8 Å². The summed E-state index contributed by atoms with van der Waals surface area (Å²) in [6.07, 6.45) is 1.38. The number of fused-ring (bicyclic) bond motifs is 1. The molecule has 120 valence electrons. The van der Waals surface area contributed by atoms with Crippen molar-refractivity contribution in [3.8, 4) is 0 Å². The molecule has 4 rings (SSSR count). The molecule has 2 aromatic rings. The molecular weight excluding hydrogens is 298 g/mol. The van der Waals surface area contributed by atoms with Gasteiger partial charge in [0.1, 0.15) is 17.8 Å². The first kappa shape index (κ1) is 14.4. The van der Waals surface area contributed by atoms with E-state index >= 15 is 0 Å². The number of hydrogen-bond donors (Lipinski definition) is 1. The summed E-state index contributed by atoms with van der Waals surface area (Å²) in [4.78, 5) is 10.7. The monoisotopic (exact) mass is 316 g/mol. The van der Waals surface area contributed by atoms with Crippen molar-refractivity contribution >= 4 is 11.8 Å². The van der Waals surface area contributed by atoms with Crippen molar-refractivity contribution in [1.29, 1.82) is 0 Å². The lowest BCUT2D eigenvalue weighted by atomic mass is 9.93. The predicted molar refractivity (Wildman–Crippen MR) is 84.7 cm³/mol. The van der Waals surface area contributed by atoms with Gasteiger partial charge in [0, 0.05) is 18.0 Å². The molecule has 2 atom stereocenters. The van der Waals surface area contributed by atoms with Gasteiger partial charge in [-0.3, -0.25) is 0 Å². The smallest absolute Gasteiger partial charge is 0.222 e. The lowest BCUT2D eigenvalue weighted by Crippen LogP contribution is -2.24. The number of halogens is 2. The van der Waals surface area contributed by atoms with Gasteiger partial charge < -0.3 is 10.6 Å². The molecule has 1 aromatic heterocycles. The second-order valence-corrected chi connectivity index (χ2v) is 6.24. The van der Waals surface area contributed by atoms with Gasteiger partial charge in [0.15, 0.2) is 0 Å². The van der Waals surface area contributed by atoms with Crippen LogP contribution in [-0.2, 0) is 6.42 Å². The van der Waals surface area contributed by atoms with Gasteiger partial charge in [0.2, 0.25) is 5.95 Å². The molecule has 2 N–H and O–H groups in total. The number of benzene rings is 1. The predicted octanol–water partition coefficient (Wildman–Crippen LogP) is 2.82. The van der Waals surface area contributed by atoms with Gasteiger partial charge in [-0.15, -0.1) is 0 Å². The summed E-state index contributed by atoms with van der Waals surface area (Å²) in [6, 6.07) is 6.55. The first-order chi connectivity index (χ1) is 11.1. The molecule has 4 nitrogen and oxygen atoms in total. The van der Waals surface area contributed by atoms with Crippen LogP contribution < -0.4 is 10.6 Å². The van der Waals surface area contributed by atoms with Crippen molar-refractivity contribution in [3.05, 3.63) is 46.9 Å². The van der Waals surface area contributed by atoms with E-state index in [-0.39, 0.29) is 17.7 Å². The van der Waals surface area contributed by atoms with Gasteiger partial charge in [-0.1, -0.05) is 12.1 Å². The fourth-order valence-electron chi connectivity index (χ4n) is 3.67. The first-order valence-electron chi connectivity index (χ1n) is 7.92. The quantitative estimate of drug-likeness (QED) is 0.925. The summed E-state index contributed by atoms with van der Waals surface area (Å²) in [5.41, 5.74) is 8.85. The van der Waals surface area contributed by atoms with Crippen LogP contribution >= 0.6 is 0 Å². The van der Waals surface area contributed by atoms with Crippen LogP contribution in [0.15, 0.2) is 24.3 Å². The van der Waals surface area contributed by atoms with Crippen LogP contribution in [0.3, 0.4) is 0 Å². The third-order valence-electron chi connectivity index (χ3n) is 4.74. The highest BCUT2D eigenvalue weighted by molar-refractivity contribution is 5.58. The summed E-state index contributed by atoms with van der Waals surface area (Å²) in [7, 11) is 0. The zero-order chi connectivity index (χ0) is 16.0. The average Bonchev–Trinajstić information content (AvgIpc) is 3.14. The molecule has 1 unspecified atom stereocenters. The summed E-state index contributed by atoms with van der Waals surface area (Å²) in [6.45, 7) is 0.985. The molecular formula is C17H18F2N4. The van der Waals surface area contributed by atoms with E-state index < -0.39 is 6.17 Å². The minimum absolute atomic E-state index is 0.111. The fraction of sp³-hybridized carbons (Fsp3) is 0.412. The lowest BCUT2D eigenvalue weighted by molar-refractivity contribution is 0.364. The molecule has 0 amide bonds. The van der Waals surface area contributed by atoms with E-state index in [1.807, 2.05) is 4.90 Å². The summed E-state index contributed by atoms with van der Waals surface area (Å²) in [5, 5.41) is 0. The Labute approximate surface area is 133 Å².